The molecule has 1 aromatic rings. The zero-order chi connectivity index (χ0) is 24.9. The maximum Gasteiger partial charge on any atom is 0.321 e. The first-order valence-corrected chi connectivity index (χ1v) is 11.6. The van der Waals surface area contributed by atoms with Gasteiger partial charge in [-0.05, 0) is 54.4 Å². The zero-order valence-corrected chi connectivity index (χ0v) is 20.2. The van der Waals surface area contributed by atoms with Gasteiger partial charge in [-0.1, -0.05) is 31.5 Å². The van der Waals surface area contributed by atoms with Gasteiger partial charge >= 0.3 is 6.03 Å². The first kappa shape index (κ1) is 24.1. The van der Waals surface area contributed by atoms with Gasteiger partial charge in [0.05, 0.1) is 17.1 Å². The molecule has 2 aliphatic heterocycles. The van der Waals surface area contributed by atoms with Crippen LogP contribution in [0.5, 0.6) is 0 Å². The summed E-state index contributed by atoms with van der Waals surface area (Å²) in [5, 5.41) is 23.6. The number of piperazine rings is 1. The van der Waals surface area contributed by atoms with E-state index in [1.54, 1.807) is 53.6 Å². The van der Waals surface area contributed by atoms with E-state index >= 15 is 0 Å². The summed E-state index contributed by atoms with van der Waals surface area (Å²) in [7, 11) is 0. The zero-order valence-electron chi connectivity index (χ0n) is 19.5. The molecule has 1 aromatic carbocycles. The van der Waals surface area contributed by atoms with Crippen molar-refractivity contribution in [2.45, 2.75) is 19.9 Å². The minimum atomic E-state index is -0.199. The summed E-state index contributed by atoms with van der Waals surface area (Å²) in [5.74, 6) is 0.442. The van der Waals surface area contributed by atoms with Crippen LogP contribution >= 0.6 is 11.6 Å². The van der Waals surface area contributed by atoms with E-state index in [2.05, 4.69) is 24.2 Å². The third kappa shape index (κ3) is 5.39. The number of urea groups is 1. The Morgan fingerprint density at radius 1 is 1.17 bits per heavy atom. The molecule has 0 spiro atoms. The molecule has 1 aliphatic carbocycles. The number of fused-ring (bicyclic) bond motifs is 1. The number of rotatable bonds is 2. The fraction of sp³-hybridized carbons (Fsp3) is 0.280. The van der Waals surface area contributed by atoms with E-state index in [0.717, 1.165) is 10.3 Å². The van der Waals surface area contributed by atoms with Crippen LogP contribution in [0.1, 0.15) is 13.8 Å². The standard InChI is InChI=1S/C25H26ClN7O2/c1-17(2)23-15-31(25(34)29-19-10-8-18(26)9-11-19)13-14-32(23)24(28-16-27)30-21-6-3-7-22-20(21)5-4-12-33(22)35/h3-12,17,23,35H,13-15H2,1-2H3,(H,29,34). The molecule has 0 bridgehead atoms. The summed E-state index contributed by atoms with van der Waals surface area (Å²) >= 11 is 5.93. The second kappa shape index (κ2) is 10.5. The number of nitrogens with one attached hydrogen (secondary N) is 1. The van der Waals surface area contributed by atoms with Gasteiger partial charge in [0, 0.05) is 42.1 Å². The SMILES string of the molecule is CC(C)C1CN(C(=O)Nc2ccc(Cl)cc2)CCN1C(=NC#N)N=c1cccc2n(O)cccc1-2. The Bertz CT molecular complexity index is 1310. The van der Waals surface area contributed by atoms with Crippen LogP contribution in [0, 0.1) is 17.4 Å². The number of halogens is 1. The van der Waals surface area contributed by atoms with E-state index in [9.17, 15) is 15.3 Å². The lowest BCUT2D eigenvalue weighted by Gasteiger charge is -2.43. The number of hydrogen-bond acceptors (Lipinski definition) is 4. The average Bonchev–Trinajstić information content (AvgIpc) is 2.85. The van der Waals surface area contributed by atoms with Crippen LogP contribution in [-0.2, 0) is 0 Å². The molecule has 10 heteroatoms. The number of guanidine groups is 1. The maximum absolute atomic E-state index is 12.9. The lowest BCUT2D eigenvalue weighted by molar-refractivity contribution is 0.119. The molecule has 0 radical (unpaired) electrons. The molecule has 2 amide bonds. The number of anilines is 1. The fourth-order valence-corrected chi connectivity index (χ4v) is 4.29. The third-order valence-corrected chi connectivity index (χ3v) is 6.25. The van der Waals surface area contributed by atoms with Gasteiger partial charge in [0.2, 0.25) is 12.2 Å². The number of pyridine rings is 1. The van der Waals surface area contributed by atoms with Crippen molar-refractivity contribution in [3.8, 4) is 17.5 Å². The molecule has 2 N–H and O–H groups in total. The number of carbonyl (C=O) groups is 1. The minimum absolute atomic E-state index is 0.103. The quantitative estimate of drug-likeness (QED) is 0.243. The molecule has 2 heterocycles. The Morgan fingerprint density at radius 2 is 1.94 bits per heavy atom. The summed E-state index contributed by atoms with van der Waals surface area (Å²) in [6.45, 7) is 5.48. The molecule has 180 valence electrons. The van der Waals surface area contributed by atoms with Gasteiger partial charge in [-0.25, -0.2) is 9.79 Å². The second-order valence-electron chi connectivity index (χ2n) is 8.57. The first-order valence-electron chi connectivity index (χ1n) is 11.3. The van der Waals surface area contributed by atoms with Crippen molar-refractivity contribution >= 4 is 29.3 Å². The highest BCUT2D eigenvalue weighted by Crippen LogP contribution is 2.21. The molecule has 35 heavy (non-hydrogen) atoms. The highest BCUT2D eigenvalue weighted by molar-refractivity contribution is 6.30. The largest absolute Gasteiger partial charge is 0.428 e. The van der Waals surface area contributed by atoms with Gasteiger partial charge in [0.1, 0.15) is 0 Å². The smallest absolute Gasteiger partial charge is 0.321 e. The highest BCUT2D eigenvalue weighted by atomic mass is 35.5. The van der Waals surface area contributed by atoms with Crippen LogP contribution < -0.4 is 10.7 Å². The first-order chi connectivity index (χ1) is 16.9. The number of aliphatic imine (C=N–C) groups is 1. The van der Waals surface area contributed by atoms with Gasteiger partial charge in [-0.3, -0.25) is 0 Å². The predicted octanol–water partition coefficient (Wildman–Crippen LogP) is 4.10. The monoisotopic (exact) mass is 491 g/mol. The van der Waals surface area contributed by atoms with E-state index < -0.39 is 0 Å². The van der Waals surface area contributed by atoms with Gasteiger partial charge in [-0.15, -0.1) is 4.99 Å². The molecular formula is C25H26ClN7O2. The molecule has 1 fully saturated rings. The topological polar surface area (TPSA) is 109 Å². The molecule has 3 aliphatic rings. The minimum Gasteiger partial charge on any atom is -0.428 e. The number of nitriles is 1. The highest BCUT2D eigenvalue weighted by Gasteiger charge is 2.33. The van der Waals surface area contributed by atoms with E-state index in [1.165, 1.54) is 0 Å². The Balaban J connectivity index is 1.60. The molecule has 1 atom stereocenters. The lowest BCUT2D eigenvalue weighted by atomic mass is 10.00. The van der Waals surface area contributed by atoms with Gasteiger partial charge < -0.3 is 20.3 Å². The number of hydrogen-bond donors (Lipinski definition) is 2. The molecule has 0 saturated carbocycles. The van der Waals surface area contributed by atoms with Crippen LogP contribution in [0.3, 0.4) is 0 Å². The third-order valence-electron chi connectivity index (χ3n) is 6.00. The summed E-state index contributed by atoms with van der Waals surface area (Å²) in [6.07, 6.45) is 3.41. The molecule has 1 saturated heterocycles. The summed E-state index contributed by atoms with van der Waals surface area (Å²) < 4.78 is 1.03. The number of amides is 2. The number of benzene rings is 2. The molecule has 1 unspecified atom stereocenters. The van der Waals surface area contributed by atoms with E-state index in [4.69, 9.17) is 16.6 Å². The maximum atomic E-state index is 12.9. The van der Waals surface area contributed by atoms with Crippen LogP contribution in [0.15, 0.2) is 70.8 Å². The van der Waals surface area contributed by atoms with Crippen molar-refractivity contribution in [2.75, 3.05) is 25.0 Å². The molecule has 9 nitrogen and oxygen atoms in total. The van der Waals surface area contributed by atoms with Gasteiger partial charge in [-0.2, -0.15) is 9.99 Å². The number of nitrogens with zero attached hydrogens (tertiary/aromatic N) is 6. The van der Waals surface area contributed by atoms with Crippen molar-refractivity contribution in [1.82, 2.24) is 14.5 Å². The Hall–Kier alpha value is -4.03. The van der Waals surface area contributed by atoms with E-state index in [1.807, 2.05) is 23.2 Å². The van der Waals surface area contributed by atoms with Crippen LogP contribution in [-0.4, -0.2) is 57.4 Å². The summed E-state index contributed by atoms with van der Waals surface area (Å²) in [5.41, 5.74) is 1.99. The number of aromatic nitrogens is 1. The summed E-state index contributed by atoms with van der Waals surface area (Å²) in [6, 6.07) is 15.6. The van der Waals surface area contributed by atoms with Crippen LogP contribution in [0.4, 0.5) is 10.5 Å². The van der Waals surface area contributed by atoms with Crippen molar-refractivity contribution in [2.24, 2.45) is 15.9 Å². The van der Waals surface area contributed by atoms with Crippen molar-refractivity contribution in [3.05, 3.63) is 71.2 Å². The molecule has 0 aromatic heterocycles. The Labute approximate surface area is 208 Å². The van der Waals surface area contributed by atoms with Gasteiger partial charge in [0.15, 0.2) is 0 Å². The van der Waals surface area contributed by atoms with Gasteiger partial charge in [0.25, 0.3) is 0 Å². The van der Waals surface area contributed by atoms with Crippen molar-refractivity contribution < 1.29 is 10.0 Å². The number of carbonyl (C=O) groups excluding carboxylic acids is 1. The lowest BCUT2D eigenvalue weighted by Crippen LogP contribution is -2.58. The summed E-state index contributed by atoms with van der Waals surface area (Å²) in [4.78, 5) is 25.4. The normalized spacial score (nSPS) is 17.1. The van der Waals surface area contributed by atoms with Crippen molar-refractivity contribution in [1.29, 1.82) is 5.26 Å². The second-order valence-corrected chi connectivity index (χ2v) is 9.01. The van der Waals surface area contributed by atoms with E-state index in [0.29, 0.717) is 41.4 Å². The van der Waals surface area contributed by atoms with Crippen LogP contribution in [0.2, 0.25) is 5.02 Å². The average molecular weight is 492 g/mol. The van der Waals surface area contributed by atoms with Crippen molar-refractivity contribution in [3.63, 3.8) is 0 Å². The Kier molecular flexibility index (Phi) is 7.22. The van der Waals surface area contributed by atoms with Crippen LogP contribution in [0.25, 0.3) is 11.3 Å². The van der Waals surface area contributed by atoms with E-state index in [-0.39, 0.29) is 24.0 Å². The predicted molar refractivity (Wildman–Crippen MR) is 134 cm³/mol. The molecule has 4 rings (SSSR count). The Morgan fingerprint density at radius 3 is 2.66 bits per heavy atom. The molecular weight excluding hydrogens is 466 g/mol. The fourth-order valence-electron chi connectivity index (χ4n) is 4.17.